The highest BCUT2D eigenvalue weighted by Crippen LogP contribution is 2.38. The zero-order valence-corrected chi connectivity index (χ0v) is 12.3. The van der Waals surface area contributed by atoms with Gasteiger partial charge in [-0.1, -0.05) is 6.42 Å². The van der Waals surface area contributed by atoms with E-state index in [0.29, 0.717) is 17.7 Å². The van der Waals surface area contributed by atoms with Gasteiger partial charge in [0.2, 0.25) is 5.91 Å². The monoisotopic (exact) mass is 265 g/mol. The predicted octanol–water partition coefficient (Wildman–Crippen LogP) is 0.785. The van der Waals surface area contributed by atoms with Crippen LogP contribution in [0, 0.1) is 17.8 Å². The van der Waals surface area contributed by atoms with Crippen molar-refractivity contribution in [2.24, 2.45) is 17.8 Å². The summed E-state index contributed by atoms with van der Waals surface area (Å²) in [5.41, 5.74) is 0. The molecule has 1 amide bonds. The molecule has 108 valence electrons. The normalized spacial score (nSPS) is 38.6. The van der Waals surface area contributed by atoms with Gasteiger partial charge in [-0.25, -0.2) is 0 Å². The third-order valence-corrected chi connectivity index (χ3v) is 5.41. The van der Waals surface area contributed by atoms with Crippen LogP contribution < -0.4 is 5.32 Å². The molecule has 0 bridgehead atoms. The summed E-state index contributed by atoms with van der Waals surface area (Å²) in [5, 5.41) is 3.47. The van der Waals surface area contributed by atoms with Crippen molar-refractivity contribution < 1.29 is 4.79 Å². The van der Waals surface area contributed by atoms with Gasteiger partial charge < -0.3 is 15.1 Å². The van der Waals surface area contributed by atoms with E-state index in [9.17, 15) is 4.79 Å². The van der Waals surface area contributed by atoms with E-state index >= 15 is 0 Å². The fourth-order valence-electron chi connectivity index (χ4n) is 4.35. The van der Waals surface area contributed by atoms with E-state index in [4.69, 9.17) is 0 Å². The summed E-state index contributed by atoms with van der Waals surface area (Å²) in [5.74, 6) is 2.38. The van der Waals surface area contributed by atoms with Gasteiger partial charge in [-0.15, -0.1) is 0 Å². The number of hydrogen-bond acceptors (Lipinski definition) is 3. The second-order valence-electron chi connectivity index (χ2n) is 6.88. The van der Waals surface area contributed by atoms with Crippen LogP contribution in [0.1, 0.15) is 25.7 Å². The average molecular weight is 265 g/mol. The first-order valence-corrected chi connectivity index (χ1v) is 7.82. The lowest BCUT2D eigenvalue weighted by Gasteiger charge is -2.26. The van der Waals surface area contributed by atoms with Crippen molar-refractivity contribution in [3.05, 3.63) is 0 Å². The highest BCUT2D eigenvalue weighted by Gasteiger charge is 2.43. The summed E-state index contributed by atoms with van der Waals surface area (Å²) in [6, 6.07) is 0.108. The lowest BCUT2D eigenvalue weighted by atomic mass is 9.93. The molecule has 1 saturated carbocycles. The molecule has 4 nitrogen and oxygen atoms in total. The number of carbonyl (C=O) groups excluding carboxylic acids is 1. The summed E-state index contributed by atoms with van der Waals surface area (Å²) in [6.45, 7) is 4.31. The minimum atomic E-state index is 0.108. The molecule has 0 aromatic rings. The molecule has 2 aliphatic heterocycles. The van der Waals surface area contributed by atoms with E-state index < -0.39 is 0 Å². The molecular formula is C15H27N3O. The van der Waals surface area contributed by atoms with Gasteiger partial charge in [-0.3, -0.25) is 4.79 Å². The summed E-state index contributed by atoms with van der Waals surface area (Å²) in [6.07, 6.45) is 5.11. The molecule has 4 atom stereocenters. The minimum absolute atomic E-state index is 0.108. The average Bonchev–Trinajstić information content (AvgIpc) is 3.04. The van der Waals surface area contributed by atoms with Crippen molar-refractivity contribution in [2.75, 3.05) is 40.3 Å². The van der Waals surface area contributed by atoms with E-state index in [-0.39, 0.29) is 6.04 Å². The van der Waals surface area contributed by atoms with Crippen LogP contribution in [0.5, 0.6) is 0 Å². The molecule has 0 radical (unpaired) electrons. The van der Waals surface area contributed by atoms with E-state index in [2.05, 4.69) is 17.3 Å². The number of fused-ring (bicyclic) bond motifs is 1. The maximum atomic E-state index is 12.6. The van der Waals surface area contributed by atoms with E-state index in [1.165, 1.54) is 32.2 Å². The summed E-state index contributed by atoms with van der Waals surface area (Å²) >= 11 is 0. The second-order valence-corrected chi connectivity index (χ2v) is 6.88. The van der Waals surface area contributed by atoms with Crippen LogP contribution in [0.15, 0.2) is 0 Å². The molecule has 0 spiro atoms. The third-order valence-electron chi connectivity index (χ3n) is 5.41. The summed E-state index contributed by atoms with van der Waals surface area (Å²) in [4.78, 5) is 17.0. The van der Waals surface area contributed by atoms with E-state index in [0.717, 1.165) is 25.6 Å². The number of nitrogens with one attached hydrogen (secondary N) is 1. The Bertz CT molecular complexity index is 346. The fraction of sp³-hybridized carbons (Fsp3) is 0.933. The molecule has 2 heterocycles. The standard InChI is InChI=1S/C15H27N3O/c1-17-7-6-11(9-17)10-18(2)15(19)14-13-5-3-4-12(13)8-16-14/h11-14,16H,3-10H2,1-2H3. The molecule has 4 unspecified atom stereocenters. The van der Waals surface area contributed by atoms with E-state index in [1.807, 2.05) is 11.9 Å². The second kappa shape index (κ2) is 5.41. The Morgan fingerprint density at radius 3 is 2.95 bits per heavy atom. The smallest absolute Gasteiger partial charge is 0.239 e. The summed E-state index contributed by atoms with van der Waals surface area (Å²) in [7, 11) is 4.16. The number of amides is 1. The van der Waals surface area contributed by atoms with Gasteiger partial charge in [0, 0.05) is 20.1 Å². The quantitative estimate of drug-likeness (QED) is 0.819. The first-order chi connectivity index (χ1) is 9.15. The molecule has 1 N–H and O–H groups in total. The molecule has 0 aromatic heterocycles. The lowest BCUT2D eigenvalue weighted by molar-refractivity contribution is -0.133. The first-order valence-electron chi connectivity index (χ1n) is 7.82. The maximum Gasteiger partial charge on any atom is 0.239 e. The Balaban J connectivity index is 1.54. The number of likely N-dealkylation sites (tertiary alicyclic amines) is 1. The van der Waals surface area contributed by atoms with Gasteiger partial charge >= 0.3 is 0 Å². The van der Waals surface area contributed by atoms with Crippen LogP contribution in [0.3, 0.4) is 0 Å². The molecule has 2 saturated heterocycles. The van der Waals surface area contributed by atoms with E-state index in [1.54, 1.807) is 0 Å². The number of hydrogen-bond donors (Lipinski definition) is 1. The predicted molar refractivity (Wildman–Crippen MR) is 75.9 cm³/mol. The van der Waals surface area contributed by atoms with Gasteiger partial charge in [0.05, 0.1) is 6.04 Å². The van der Waals surface area contributed by atoms with Crippen molar-refractivity contribution >= 4 is 5.91 Å². The van der Waals surface area contributed by atoms with Gasteiger partial charge in [0.25, 0.3) is 0 Å². The Morgan fingerprint density at radius 1 is 1.37 bits per heavy atom. The lowest BCUT2D eigenvalue weighted by Crippen LogP contribution is -2.46. The van der Waals surface area contributed by atoms with Crippen LogP contribution in [0.25, 0.3) is 0 Å². The Hall–Kier alpha value is -0.610. The molecule has 3 rings (SSSR count). The highest BCUT2D eigenvalue weighted by atomic mass is 16.2. The Kier molecular flexibility index (Phi) is 3.81. The van der Waals surface area contributed by atoms with Crippen LogP contribution in [0.2, 0.25) is 0 Å². The Morgan fingerprint density at radius 2 is 2.21 bits per heavy atom. The van der Waals surface area contributed by atoms with Gasteiger partial charge in [-0.05, 0) is 57.2 Å². The fourth-order valence-corrected chi connectivity index (χ4v) is 4.35. The van der Waals surface area contributed by atoms with Crippen molar-refractivity contribution in [3.63, 3.8) is 0 Å². The van der Waals surface area contributed by atoms with Crippen molar-refractivity contribution in [2.45, 2.75) is 31.7 Å². The maximum absolute atomic E-state index is 12.6. The van der Waals surface area contributed by atoms with Crippen LogP contribution in [-0.4, -0.2) is 62.0 Å². The zero-order chi connectivity index (χ0) is 13.4. The number of nitrogens with zero attached hydrogens (tertiary/aromatic N) is 2. The largest absolute Gasteiger partial charge is 0.344 e. The Labute approximate surface area is 116 Å². The molecule has 3 aliphatic rings. The minimum Gasteiger partial charge on any atom is -0.344 e. The molecule has 4 heteroatoms. The molecule has 0 aromatic carbocycles. The SMILES string of the molecule is CN1CCC(CN(C)C(=O)C2NCC3CCCC32)C1. The van der Waals surface area contributed by atoms with Gasteiger partial charge in [0.1, 0.15) is 0 Å². The molecule has 3 fully saturated rings. The molecule has 1 aliphatic carbocycles. The van der Waals surface area contributed by atoms with Crippen molar-refractivity contribution in [3.8, 4) is 0 Å². The van der Waals surface area contributed by atoms with Crippen LogP contribution >= 0.6 is 0 Å². The van der Waals surface area contributed by atoms with Gasteiger partial charge in [-0.2, -0.15) is 0 Å². The number of rotatable bonds is 3. The van der Waals surface area contributed by atoms with Crippen LogP contribution in [-0.2, 0) is 4.79 Å². The topological polar surface area (TPSA) is 35.6 Å². The third kappa shape index (κ3) is 2.65. The highest BCUT2D eigenvalue weighted by molar-refractivity contribution is 5.82. The molecule has 19 heavy (non-hydrogen) atoms. The van der Waals surface area contributed by atoms with Crippen molar-refractivity contribution in [1.82, 2.24) is 15.1 Å². The van der Waals surface area contributed by atoms with Crippen molar-refractivity contribution in [1.29, 1.82) is 0 Å². The summed E-state index contributed by atoms with van der Waals surface area (Å²) < 4.78 is 0. The zero-order valence-electron chi connectivity index (χ0n) is 12.3. The van der Waals surface area contributed by atoms with Crippen LogP contribution in [0.4, 0.5) is 0 Å². The first kappa shape index (κ1) is 13.4. The van der Waals surface area contributed by atoms with Gasteiger partial charge in [0.15, 0.2) is 0 Å². The number of likely N-dealkylation sites (N-methyl/N-ethyl adjacent to an activating group) is 1. The number of carbonyl (C=O) groups is 1. The molecular weight excluding hydrogens is 238 g/mol.